The normalized spacial score (nSPS) is 9.95. The first-order valence-electron chi connectivity index (χ1n) is 5.70. The van der Waals surface area contributed by atoms with Crippen molar-refractivity contribution in [2.45, 2.75) is 11.9 Å². The maximum Gasteiger partial charge on any atom is 0.165 e. The Balaban J connectivity index is 2.13. The molecule has 4 heteroatoms. The molecule has 0 radical (unpaired) electrons. The minimum Gasteiger partial charge on any atom is -0.486 e. The van der Waals surface area contributed by atoms with E-state index in [0.717, 1.165) is 11.1 Å². The Kier molecular flexibility index (Phi) is 4.53. The molecule has 0 fully saturated rings. The minimum absolute atomic E-state index is 0.175. The van der Waals surface area contributed by atoms with Crippen molar-refractivity contribution < 1.29 is 9.13 Å². The molecule has 0 unspecified atom stereocenters. The summed E-state index contributed by atoms with van der Waals surface area (Å²) in [5, 5.41) is 9.55. The monoisotopic (exact) mass is 319 g/mol. The van der Waals surface area contributed by atoms with E-state index in [1.54, 1.807) is 30.3 Å². The summed E-state index contributed by atoms with van der Waals surface area (Å²) in [7, 11) is 0. The Bertz CT molecular complexity index is 622. The highest BCUT2D eigenvalue weighted by Gasteiger charge is 2.06. The van der Waals surface area contributed by atoms with E-state index in [0.29, 0.717) is 10.9 Å². The second-order valence-electron chi connectivity index (χ2n) is 3.96. The van der Waals surface area contributed by atoms with Crippen LogP contribution < -0.4 is 4.74 Å². The molecule has 0 aliphatic heterocycles. The van der Waals surface area contributed by atoms with E-state index in [1.165, 1.54) is 6.07 Å². The van der Waals surface area contributed by atoms with Crippen molar-refractivity contribution in [3.05, 3.63) is 65.0 Å². The van der Waals surface area contributed by atoms with Crippen LogP contribution >= 0.6 is 15.9 Å². The molecule has 0 aliphatic rings. The molecule has 0 amide bonds. The fraction of sp³-hybridized carbons (Fsp3) is 0.133. The lowest BCUT2D eigenvalue weighted by atomic mass is 10.1. The molecule has 0 saturated carbocycles. The van der Waals surface area contributed by atoms with Gasteiger partial charge in [0.15, 0.2) is 11.6 Å². The Morgan fingerprint density at radius 2 is 2.00 bits per heavy atom. The van der Waals surface area contributed by atoms with E-state index in [-0.39, 0.29) is 12.4 Å². The van der Waals surface area contributed by atoms with Gasteiger partial charge in [-0.15, -0.1) is 0 Å². The van der Waals surface area contributed by atoms with E-state index in [2.05, 4.69) is 22.0 Å². The fourth-order valence-electron chi connectivity index (χ4n) is 1.66. The summed E-state index contributed by atoms with van der Waals surface area (Å²) < 4.78 is 19.1. The number of ether oxygens (including phenoxy) is 1. The summed E-state index contributed by atoms with van der Waals surface area (Å²) in [6.07, 6.45) is 0. The second kappa shape index (κ2) is 6.35. The van der Waals surface area contributed by atoms with Crippen molar-refractivity contribution in [1.29, 1.82) is 5.26 Å². The van der Waals surface area contributed by atoms with Crippen molar-refractivity contribution in [2.24, 2.45) is 0 Å². The zero-order chi connectivity index (χ0) is 13.7. The highest BCUT2D eigenvalue weighted by Crippen LogP contribution is 2.21. The zero-order valence-corrected chi connectivity index (χ0v) is 11.7. The largest absolute Gasteiger partial charge is 0.486 e. The van der Waals surface area contributed by atoms with E-state index in [4.69, 9.17) is 10.00 Å². The molecule has 96 valence electrons. The quantitative estimate of drug-likeness (QED) is 0.792. The number of nitriles is 1. The first-order valence-corrected chi connectivity index (χ1v) is 6.82. The molecule has 0 aliphatic carbocycles. The lowest BCUT2D eigenvalue weighted by molar-refractivity contribution is 0.290. The highest BCUT2D eigenvalue weighted by molar-refractivity contribution is 9.08. The number of rotatable bonds is 4. The van der Waals surface area contributed by atoms with Gasteiger partial charge in [-0.3, -0.25) is 0 Å². The molecule has 19 heavy (non-hydrogen) atoms. The molecular formula is C15H11BrFNO. The van der Waals surface area contributed by atoms with Crippen LogP contribution in [0.5, 0.6) is 5.75 Å². The van der Waals surface area contributed by atoms with Crippen LogP contribution in [0, 0.1) is 17.1 Å². The molecule has 0 atom stereocenters. The highest BCUT2D eigenvalue weighted by atomic mass is 79.9. The minimum atomic E-state index is -0.397. The van der Waals surface area contributed by atoms with Crippen LogP contribution in [-0.2, 0) is 11.9 Å². The SMILES string of the molecule is N#Cc1ccccc1COc1ccc(CBr)cc1F. The van der Waals surface area contributed by atoms with Crippen molar-refractivity contribution in [2.75, 3.05) is 0 Å². The molecular weight excluding hydrogens is 309 g/mol. The van der Waals surface area contributed by atoms with E-state index < -0.39 is 5.82 Å². The number of halogens is 2. The summed E-state index contributed by atoms with van der Waals surface area (Å²) in [5.41, 5.74) is 2.14. The van der Waals surface area contributed by atoms with Gasteiger partial charge in [0.25, 0.3) is 0 Å². The number of hydrogen-bond acceptors (Lipinski definition) is 2. The second-order valence-corrected chi connectivity index (χ2v) is 4.52. The molecule has 2 aromatic rings. The Morgan fingerprint density at radius 1 is 1.21 bits per heavy atom. The summed E-state index contributed by atoms with van der Waals surface area (Å²) in [5.74, 6) is -0.205. The van der Waals surface area contributed by atoms with Gasteiger partial charge >= 0.3 is 0 Å². The molecule has 0 heterocycles. The van der Waals surface area contributed by atoms with Crippen LogP contribution in [0.3, 0.4) is 0 Å². The zero-order valence-electron chi connectivity index (χ0n) is 10.1. The third-order valence-electron chi connectivity index (χ3n) is 2.67. The van der Waals surface area contributed by atoms with Crippen molar-refractivity contribution >= 4 is 15.9 Å². The summed E-state index contributed by atoms with van der Waals surface area (Å²) in [4.78, 5) is 0. The Labute approximate surface area is 119 Å². The maximum atomic E-state index is 13.7. The lowest BCUT2D eigenvalue weighted by Gasteiger charge is -2.09. The molecule has 2 rings (SSSR count). The molecule has 0 spiro atoms. The van der Waals surface area contributed by atoms with Gasteiger partial charge in [0, 0.05) is 10.9 Å². The van der Waals surface area contributed by atoms with Gasteiger partial charge in [0.05, 0.1) is 11.6 Å². The van der Waals surface area contributed by atoms with Gasteiger partial charge in [0.1, 0.15) is 6.61 Å². The van der Waals surface area contributed by atoms with Gasteiger partial charge in [-0.05, 0) is 23.8 Å². The standard InChI is InChI=1S/C15H11BrFNO/c16-8-11-5-6-15(14(17)7-11)19-10-13-4-2-1-3-12(13)9-18/h1-7H,8,10H2. The Morgan fingerprint density at radius 3 is 2.68 bits per heavy atom. The Hall–Kier alpha value is -1.86. The number of alkyl halides is 1. The van der Waals surface area contributed by atoms with Crippen molar-refractivity contribution in [3.8, 4) is 11.8 Å². The van der Waals surface area contributed by atoms with Crippen LogP contribution in [0.15, 0.2) is 42.5 Å². The topological polar surface area (TPSA) is 33.0 Å². The number of nitrogens with zero attached hydrogens (tertiary/aromatic N) is 1. The first kappa shape index (κ1) is 13.6. The van der Waals surface area contributed by atoms with Crippen LogP contribution in [0.25, 0.3) is 0 Å². The van der Waals surface area contributed by atoms with Gasteiger partial charge in [-0.1, -0.05) is 40.2 Å². The van der Waals surface area contributed by atoms with E-state index in [1.807, 2.05) is 6.07 Å². The smallest absolute Gasteiger partial charge is 0.165 e. The van der Waals surface area contributed by atoms with E-state index in [9.17, 15) is 4.39 Å². The number of benzene rings is 2. The molecule has 0 aromatic heterocycles. The van der Waals surface area contributed by atoms with Gasteiger partial charge in [0.2, 0.25) is 0 Å². The summed E-state index contributed by atoms with van der Waals surface area (Å²) in [6.45, 7) is 0.175. The summed E-state index contributed by atoms with van der Waals surface area (Å²) in [6, 6.07) is 14.0. The molecule has 2 aromatic carbocycles. The van der Waals surface area contributed by atoms with Crippen LogP contribution in [-0.4, -0.2) is 0 Å². The van der Waals surface area contributed by atoms with Gasteiger partial charge in [-0.2, -0.15) is 5.26 Å². The van der Waals surface area contributed by atoms with Crippen LogP contribution in [0.4, 0.5) is 4.39 Å². The third kappa shape index (κ3) is 3.33. The van der Waals surface area contributed by atoms with Crippen molar-refractivity contribution in [1.82, 2.24) is 0 Å². The van der Waals surface area contributed by atoms with Crippen LogP contribution in [0.2, 0.25) is 0 Å². The number of hydrogen-bond donors (Lipinski definition) is 0. The van der Waals surface area contributed by atoms with E-state index >= 15 is 0 Å². The summed E-state index contributed by atoms with van der Waals surface area (Å²) >= 11 is 3.27. The third-order valence-corrected chi connectivity index (χ3v) is 3.32. The molecule has 0 N–H and O–H groups in total. The average molecular weight is 320 g/mol. The van der Waals surface area contributed by atoms with Gasteiger partial charge in [-0.25, -0.2) is 4.39 Å². The lowest BCUT2D eigenvalue weighted by Crippen LogP contribution is -2.00. The molecule has 0 saturated heterocycles. The van der Waals surface area contributed by atoms with Crippen molar-refractivity contribution in [3.63, 3.8) is 0 Å². The molecule has 0 bridgehead atoms. The fourth-order valence-corrected chi connectivity index (χ4v) is 2.00. The van der Waals surface area contributed by atoms with Crippen LogP contribution in [0.1, 0.15) is 16.7 Å². The maximum absolute atomic E-state index is 13.7. The average Bonchev–Trinajstić information content (AvgIpc) is 2.46. The predicted molar refractivity (Wildman–Crippen MR) is 74.5 cm³/mol. The molecule has 2 nitrogen and oxygen atoms in total. The van der Waals surface area contributed by atoms with Gasteiger partial charge < -0.3 is 4.74 Å². The first-order chi connectivity index (χ1) is 9.24. The predicted octanol–water partition coefficient (Wildman–Crippen LogP) is 4.17.